The SMILES string of the molecule is CC(Sc1nc2ccsc2c(=O)n1C)C(=O)Nc1cccc(F)c1. The van der Waals surface area contributed by atoms with Crippen LogP contribution in [0.15, 0.2) is 45.7 Å². The minimum absolute atomic E-state index is 0.129. The van der Waals surface area contributed by atoms with Gasteiger partial charge in [0.1, 0.15) is 10.5 Å². The third-order valence-electron chi connectivity index (χ3n) is 3.39. The largest absolute Gasteiger partial charge is 0.325 e. The van der Waals surface area contributed by atoms with E-state index in [0.29, 0.717) is 21.1 Å². The Morgan fingerprint density at radius 3 is 2.96 bits per heavy atom. The molecule has 124 valence electrons. The zero-order valence-electron chi connectivity index (χ0n) is 12.9. The van der Waals surface area contributed by atoms with E-state index in [0.717, 1.165) is 0 Å². The van der Waals surface area contributed by atoms with Gasteiger partial charge in [0.05, 0.1) is 10.8 Å². The van der Waals surface area contributed by atoms with Crippen molar-refractivity contribution in [1.29, 1.82) is 0 Å². The summed E-state index contributed by atoms with van der Waals surface area (Å²) in [5.74, 6) is -0.703. The van der Waals surface area contributed by atoms with E-state index in [4.69, 9.17) is 0 Å². The maximum Gasteiger partial charge on any atom is 0.271 e. The zero-order valence-corrected chi connectivity index (χ0v) is 14.6. The quantitative estimate of drug-likeness (QED) is 0.571. The van der Waals surface area contributed by atoms with Gasteiger partial charge in [0, 0.05) is 12.7 Å². The fraction of sp³-hybridized carbons (Fsp3) is 0.188. The molecule has 0 spiro atoms. The first-order chi connectivity index (χ1) is 11.5. The Morgan fingerprint density at radius 1 is 1.42 bits per heavy atom. The summed E-state index contributed by atoms with van der Waals surface area (Å²) in [6.07, 6.45) is 0. The van der Waals surface area contributed by atoms with E-state index in [1.54, 1.807) is 26.1 Å². The summed E-state index contributed by atoms with van der Waals surface area (Å²) in [6.45, 7) is 1.71. The molecule has 24 heavy (non-hydrogen) atoms. The van der Waals surface area contributed by atoms with Crippen LogP contribution in [0.2, 0.25) is 0 Å². The molecule has 0 saturated heterocycles. The van der Waals surface area contributed by atoms with Crippen LogP contribution in [-0.4, -0.2) is 20.7 Å². The minimum atomic E-state index is -0.498. The van der Waals surface area contributed by atoms with Gasteiger partial charge in [-0.1, -0.05) is 17.8 Å². The number of carbonyl (C=O) groups excluding carboxylic acids is 1. The lowest BCUT2D eigenvalue weighted by Crippen LogP contribution is -2.25. The van der Waals surface area contributed by atoms with Crippen molar-refractivity contribution in [2.45, 2.75) is 17.3 Å². The fourth-order valence-corrected chi connectivity index (χ4v) is 3.77. The first-order valence-corrected chi connectivity index (χ1v) is 8.89. The van der Waals surface area contributed by atoms with Crippen LogP contribution in [0.4, 0.5) is 10.1 Å². The summed E-state index contributed by atoms with van der Waals surface area (Å²) in [5, 5.41) is 4.44. The second-order valence-corrected chi connectivity index (χ2v) is 7.38. The number of benzene rings is 1. The third kappa shape index (κ3) is 3.34. The van der Waals surface area contributed by atoms with E-state index in [-0.39, 0.29) is 11.5 Å². The number of nitrogens with zero attached hydrogens (tertiary/aromatic N) is 2. The summed E-state index contributed by atoms with van der Waals surface area (Å²) in [5.41, 5.74) is 0.890. The van der Waals surface area contributed by atoms with E-state index in [2.05, 4.69) is 10.3 Å². The highest BCUT2D eigenvalue weighted by Gasteiger charge is 2.19. The molecule has 5 nitrogen and oxygen atoms in total. The molecule has 0 aliphatic carbocycles. The third-order valence-corrected chi connectivity index (χ3v) is 5.43. The van der Waals surface area contributed by atoms with Crippen LogP contribution in [0.3, 0.4) is 0 Å². The van der Waals surface area contributed by atoms with Crippen LogP contribution in [0.5, 0.6) is 0 Å². The van der Waals surface area contributed by atoms with Crippen molar-refractivity contribution < 1.29 is 9.18 Å². The molecule has 3 aromatic rings. The summed E-state index contributed by atoms with van der Waals surface area (Å²) < 4.78 is 15.2. The lowest BCUT2D eigenvalue weighted by molar-refractivity contribution is -0.115. The number of rotatable bonds is 4. The van der Waals surface area contributed by atoms with Crippen LogP contribution in [0, 0.1) is 5.82 Å². The van der Waals surface area contributed by atoms with Gasteiger partial charge >= 0.3 is 0 Å². The van der Waals surface area contributed by atoms with Crippen LogP contribution < -0.4 is 10.9 Å². The van der Waals surface area contributed by atoms with E-state index in [9.17, 15) is 14.0 Å². The van der Waals surface area contributed by atoms with E-state index in [1.165, 1.54) is 45.9 Å². The minimum Gasteiger partial charge on any atom is -0.325 e. The van der Waals surface area contributed by atoms with Crippen molar-refractivity contribution in [2.75, 3.05) is 5.32 Å². The van der Waals surface area contributed by atoms with Gasteiger partial charge in [0.25, 0.3) is 5.56 Å². The summed E-state index contributed by atoms with van der Waals surface area (Å²) in [7, 11) is 1.63. The van der Waals surface area contributed by atoms with Gasteiger partial charge in [0.15, 0.2) is 5.16 Å². The van der Waals surface area contributed by atoms with Gasteiger partial charge in [-0.3, -0.25) is 14.2 Å². The Kier molecular flexibility index (Phi) is 4.68. The molecule has 1 amide bonds. The molecule has 0 bridgehead atoms. The maximum absolute atomic E-state index is 13.2. The number of fused-ring (bicyclic) bond motifs is 1. The second kappa shape index (κ2) is 6.74. The number of aromatic nitrogens is 2. The number of amides is 1. The normalized spacial score (nSPS) is 12.3. The highest BCUT2D eigenvalue weighted by molar-refractivity contribution is 8.00. The van der Waals surface area contributed by atoms with Crippen LogP contribution >= 0.6 is 23.1 Å². The van der Waals surface area contributed by atoms with E-state index < -0.39 is 11.1 Å². The number of hydrogen-bond acceptors (Lipinski definition) is 5. The summed E-state index contributed by atoms with van der Waals surface area (Å²) >= 11 is 2.53. The number of halogens is 1. The van der Waals surface area contributed by atoms with Crippen LogP contribution in [0.25, 0.3) is 10.2 Å². The number of thioether (sulfide) groups is 1. The lowest BCUT2D eigenvalue weighted by Gasteiger charge is -2.13. The molecule has 2 aromatic heterocycles. The molecule has 1 aromatic carbocycles. The highest BCUT2D eigenvalue weighted by atomic mass is 32.2. The zero-order chi connectivity index (χ0) is 17.3. The van der Waals surface area contributed by atoms with Gasteiger partial charge in [-0.25, -0.2) is 9.37 Å². The number of hydrogen-bond donors (Lipinski definition) is 1. The van der Waals surface area contributed by atoms with Crippen molar-refractivity contribution in [3.63, 3.8) is 0 Å². The first-order valence-electron chi connectivity index (χ1n) is 7.13. The number of carbonyl (C=O) groups is 1. The molecule has 0 saturated carbocycles. The van der Waals surface area contributed by atoms with Gasteiger partial charge in [-0.05, 0) is 36.6 Å². The second-order valence-electron chi connectivity index (χ2n) is 5.15. The molecular formula is C16H14FN3O2S2. The van der Waals surface area contributed by atoms with Gasteiger partial charge in [-0.15, -0.1) is 11.3 Å². The molecule has 0 fully saturated rings. The molecule has 2 heterocycles. The van der Waals surface area contributed by atoms with Crippen molar-refractivity contribution >= 4 is 44.9 Å². The van der Waals surface area contributed by atoms with Gasteiger partial charge in [-0.2, -0.15) is 0 Å². The Hall–Kier alpha value is -2.19. The predicted octanol–water partition coefficient (Wildman–Crippen LogP) is 3.25. The van der Waals surface area contributed by atoms with Crippen LogP contribution in [0.1, 0.15) is 6.92 Å². The molecule has 0 aliphatic heterocycles. The molecule has 0 aliphatic rings. The number of anilines is 1. The summed E-state index contributed by atoms with van der Waals surface area (Å²) in [6, 6.07) is 7.48. The van der Waals surface area contributed by atoms with Crippen molar-refractivity contribution in [3.8, 4) is 0 Å². The average molecular weight is 363 g/mol. The molecule has 1 N–H and O–H groups in total. The summed E-state index contributed by atoms with van der Waals surface area (Å²) in [4.78, 5) is 29.0. The Labute approximate surface area is 145 Å². The monoisotopic (exact) mass is 363 g/mol. The molecule has 3 rings (SSSR count). The van der Waals surface area contributed by atoms with Crippen molar-refractivity contribution in [3.05, 3.63) is 51.9 Å². The number of nitrogens with one attached hydrogen (secondary N) is 1. The highest BCUT2D eigenvalue weighted by Crippen LogP contribution is 2.24. The standard InChI is InChI=1S/C16H14FN3O2S2/c1-9(14(21)18-11-5-3-4-10(17)8-11)24-16-19-12-6-7-23-13(12)15(22)20(16)2/h3-9H,1-2H3,(H,18,21). The van der Waals surface area contributed by atoms with E-state index in [1.807, 2.05) is 5.38 Å². The average Bonchev–Trinajstić information content (AvgIpc) is 3.00. The Morgan fingerprint density at radius 2 is 2.21 bits per heavy atom. The van der Waals surface area contributed by atoms with Crippen LogP contribution in [-0.2, 0) is 11.8 Å². The molecule has 8 heteroatoms. The molecule has 1 unspecified atom stereocenters. The Bertz CT molecular complexity index is 967. The molecule has 1 atom stereocenters. The van der Waals surface area contributed by atoms with Gasteiger partial charge < -0.3 is 5.32 Å². The smallest absolute Gasteiger partial charge is 0.271 e. The van der Waals surface area contributed by atoms with Gasteiger partial charge in [0.2, 0.25) is 5.91 Å². The first kappa shape index (κ1) is 16.7. The maximum atomic E-state index is 13.2. The van der Waals surface area contributed by atoms with Crippen molar-refractivity contribution in [1.82, 2.24) is 9.55 Å². The Balaban J connectivity index is 1.79. The van der Waals surface area contributed by atoms with E-state index >= 15 is 0 Å². The molecular weight excluding hydrogens is 349 g/mol. The fourth-order valence-electron chi connectivity index (χ4n) is 2.09. The molecule has 0 radical (unpaired) electrons. The predicted molar refractivity (Wildman–Crippen MR) is 95.2 cm³/mol. The number of thiophene rings is 1. The lowest BCUT2D eigenvalue weighted by atomic mass is 10.3. The topological polar surface area (TPSA) is 64.0 Å². The van der Waals surface area contributed by atoms with Crippen molar-refractivity contribution in [2.24, 2.45) is 7.05 Å².